The van der Waals surface area contributed by atoms with E-state index in [2.05, 4.69) is 0 Å². The summed E-state index contributed by atoms with van der Waals surface area (Å²) in [7, 11) is 1.61. The molecule has 0 radical (unpaired) electrons. The second-order valence-corrected chi connectivity index (χ2v) is 3.73. The van der Waals surface area contributed by atoms with Gasteiger partial charge in [0.2, 0.25) is 0 Å². The van der Waals surface area contributed by atoms with Gasteiger partial charge in [-0.25, -0.2) is 0 Å². The number of hydrogen-bond acceptors (Lipinski definition) is 2. The van der Waals surface area contributed by atoms with Crippen LogP contribution in [0.1, 0.15) is 23.7 Å². The minimum absolute atomic E-state index is 0.0466. The number of aliphatic carboxylic acids is 1. The predicted molar refractivity (Wildman–Crippen MR) is 60.3 cm³/mol. The lowest BCUT2D eigenvalue weighted by Crippen LogP contribution is -2.36. The van der Waals surface area contributed by atoms with E-state index in [9.17, 15) is 9.59 Å². The van der Waals surface area contributed by atoms with E-state index in [-0.39, 0.29) is 18.4 Å². The lowest BCUT2D eigenvalue weighted by atomic mass is 10.1. The Morgan fingerprint density at radius 3 is 2.38 bits per heavy atom. The maximum Gasteiger partial charge on any atom is 0.305 e. The molecule has 0 spiro atoms. The highest BCUT2D eigenvalue weighted by atomic mass is 16.4. The Labute approximate surface area is 94.5 Å². The van der Waals surface area contributed by atoms with E-state index < -0.39 is 5.97 Å². The summed E-state index contributed by atoms with van der Waals surface area (Å²) in [4.78, 5) is 23.9. The molecule has 0 fully saturated rings. The van der Waals surface area contributed by atoms with Crippen molar-refractivity contribution in [2.75, 3.05) is 7.05 Å². The zero-order valence-electron chi connectivity index (χ0n) is 9.38. The predicted octanol–water partition coefficient (Wildman–Crippen LogP) is 1.62. The first-order valence-corrected chi connectivity index (χ1v) is 5.06. The van der Waals surface area contributed by atoms with Crippen LogP contribution in [0, 0.1) is 0 Å². The first-order chi connectivity index (χ1) is 7.52. The van der Waals surface area contributed by atoms with Crippen LogP contribution in [-0.2, 0) is 4.79 Å². The number of rotatable bonds is 4. The van der Waals surface area contributed by atoms with E-state index in [4.69, 9.17) is 5.11 Å². The molecule has 0 aromatic heterocycles. The number of carbonyl (C=O) groups is 2. The molecule has 1 rings (SSSR count). The number of amides is 1. The Kier molecular flexibility index (Phi) is 4.05. The molecule has 1 aromatic carbocycles. The zero-order valence-corrected chi connectivity index (χ0v) is 9.38. The number of nitrogens with zero attached hydrogens (tertiary/aromatic N) is 1. The molecule has 86 valence electrons. The standard InChI is InChI=1S/C12H15NO3/c1-9(8-11(14)15)13(2)12(16)10-6-4-3-5-7-10/h3-7,9H,8H2,1-2H3,(H,14,15). The fraction of sp³-hybridized carbons (Fsp3) is 0.333. The molecule has 1 N–H and O–H groups in total. The number of carboxylic acid groups (broad SMARTS) is 1. The van der Waals surface area contributed by atoms with E-state index in [1.807, 2.05) is 6.07 Å². The zero-order chi connectivity index (χ0) is 12.1. The molecule has 1 unspecified atom stereocenters. The first kappa shape index (κ1) is 12.2. The van der Waals surface area contributed by atoms with Crippen LogP contribution in [-0.4, -0.2) is 35.0 Å². The van der Waals surface area contributed by atoms with Crippen molar-refractivity contribution in [2.45, 2.75) is 19.4 Å². The molecular weight excluding hydrogens is 206 g/mol. The van der Waals surface area contributed by atoms with Gasteiger partial charge in [0.15, 0.2) is 0 Å². The highest BCUT2D eigenvalue weighted by Crippen LogP contribution is 2.08. The topological polar surface area (TPSA) is 57.6 Å². The molecule has 0 aliphatic carbocycles. The van der Waals surface area contributed by atoms with Gasteiger partial charge in [-0.3, -0.25) is 9.59 Å². The van der Waals surface area contributed by atoms with Gasteiger partial charge in [0.1, 0.15) is 0 Å². The summed E-state index contributed by atoms with van der Waals surface area (Å²) < 4.78 is 0. The second kappa shape index (κ2) is 5.30. The summed E-state index contributed by atoms with van der Waals surface area (Å²) in [5.41, 5.74) is 0.572. The molecule has 0 saturated heterocycles. The SMILES string of the molecule is CC(CC(=O)O)N(C)C(=O)c1ccccc1. The van der Waals surface area contributed by atoms with Crippen molar-refractivity contribution in [1.29, 1.82) is 0 Å². The third kappa shape index (κ3) is 3.08. The highest BCUT2D eigenvalue weighted by Gasteiger charge is 2.19. The molecule has 4 nitrogen and oxygen atoms in total. The fourth-order valence-electron chi connectivity index (χ4n) is 1.37. The maximum atomic E-state index is 11.9. The number of benzene rings is 1. The van der Waals surface area contributed by atoms with Gasteiger partial charge >= 0.3 is 5.97 Å². The summed E-state index contributed by atoms with van der Waals surface area (Å²) in [5.74, 6) is -1.06. The van der Waals surface area contributed by atoms with Gasteiger partial charge in [-0.1, -0.05) is 18.2 Å². The van der Waals surface area contributed by atoms with Crippen molar-refractivity contribution in [3.05, 3.63) is 35.9 Å². The molecule has 16 heavy (non-hydrogen) atoms. The molecule has 0 bridgehead atoms. The van der Waals surface area contributed by atoms with E-state index in [0.29, 0.717) is 5.56 Å². The summed E-state index contributed by atoms with van der Waals surface area (Å²) >= 11 is 0. The summed E-state index contributed by atoms with van der Waals surface area (Å²) in [6.07, 6.45) is -0.0466. The lowest BCUT2D eigenvalue weighted by molar-refractivity contribution is -0.137. The van der Waals surface area contributed by atoms with Gasteiger partial charge in [-0.05, 0) is 19.1 Å². The molecule has 0 aliphatic heterocycles. The third-order valence-corrected chi connectivity index (χ3v) is 2.47. The van der Waals surface area contributed by atoms with Gasteiger partial charge in [0, 0.05) is 18.7 Å². The van der Waals surface area contributed by atoms with Gasteiger partial charge in [0.25, 0.3) is 5.91 Å². The van der Waals surface area contributed by atoms with Gasteiger partial charge < -0.3 is 10.0 Å². The fourth-order valence-corrected chi connectivity index (χ4v) is 1.37. The molecule has 0 saturated carbocycles. The molecule has 1 aromatic rings. The normalized spacial score (nSPS) is 11.9. The summed E-state index contributed by atoms with van der Waals surface area (Å²) in [5, 5.41) is 8.65. The summed E-state index contributed by atoms with van der Waals surface area (Å²) in [6, 6.07) is 8.51. The smallest absolute Gasteiger partial charge is 0.305 e. The van der Waals surface area contributed by atoms with Crippen molar-refractivity contribution >= 4 is 11.9 Å². The molecule has 4 heteroatoms. The van der Waals surface area contributed by atoms with Crippen LogP contribution in [0.15, 0.2) is 30.3 Å². The van der Waals surface area contributed by atoms with Crippen LogP contribution in [0.5, 0.6) is 0 Å². The Bertz CT molecular complexity index is 375. The lowest BCUT2D eigenvalue weighted by Gasteiger charge is -2.23. The van der Waals surface area contributed by atoms with Crippen LogP contribution in [0.2, 0.25) is 0 Å². The maximum absolute atomic E-state index is 11.9. The average molecular weight is 221 g/mol. The first-order valence-electron chi connectivity index (χ1n) is 5.06. The number of carbonyl (C=O) groups excluding carboxylic acids is 1. The van der Waals surface area contributed by atoms with Crippen molar-refractivity contribution in [3.63, 3.8) is 0 Å². The molecule has 1 atom stereocenters. The molecule has 0 aliphatic rings. The van der Waals surface area contributed by atoms with Crippen LogP contribution in [0.3, 0.4) is 0 Å². The molecule has 0 heterocycles. The van der Waals surface area contributed by atoms with Crippen molar-refractivity contribution < 1.29 is 14.7 Å². The Morgan fingerprint density at radius 2 is 1.88 bits per heavy atom. The number of hydrogen-bond donors (Lipinski definition) is 1. The van der Waals surface area contributed by atoms with Gasteiger partial charge in [-0.15, -0.1) is 0 Å². The molecule has 1 amide bonds. The van der Waals surface area contributed by atoms with Crippen LogP contribution in [0.4, 0.5) is 0 Å². The minimum atomic E-state index is -0.903. The Balaban J connectivity index is 2.71. The average Bonchev–Trinajstić information content (AvgIpc) is 2.27. The van der Waals surface area contributed by atoms with Gasteiger partial charge in [-0.2, -0.15) is 0 Å². The van der Waals surface area contributed by atoms with E-state index in [0.717, 1.165) is 0 Å². The highest BCUT2D eigenvalue weighted by molar-refractivity contribution is 5.94. The molecular formula is C12H15NO3. The van der Waals surface area contributed by atoms with Crippen LogP contribution < -0.4 is 0 Å². The van der Waals surface area contributed by atoms with E-state index in [1.54, 1.807) is 38.2 Å². The second-order valence-electron chi connectivity index (χ2n) is 3.73. The Morgan fingerprint density at radius 1 is 1.31 bits per heavy atom. The van der Waals surface area contributed by atoms with Crippen LogP contribution in [0.25, 0.3) is 0 Å². The summed E-state index contributed by atoms with van der Waals surface area (Å²) in [6.45, 7) is 1.72. The van der Waals surface area contributed by atoms with Crippen molar-refractivity contribution in [2.24, 2.45) is 0 Å². The van der Waals surface area contributed by atoms with Crippen molar-refractivity contribution in [1.82, 2.24) is 4.90 Å². The largest absolute Gasteiger partial charge is 0.481 e. The van der Waals surface area contributed by atoms with E-state index >= 15 is 0 Å². The third-order valence-electron chi connectivity index (χ3n) is 2.47. The number of carboxylic acids is 1. The van der Waals surface area contributed by atoms with Crippen LogP contribution >= 0.6 is 0 Å². The van der Waals surface area contributed by atoms with Gasteiger partial charge in [0.05, 0.1) is 6.42 Å². The quantitative estimate of drug-likeness (QED) is 0.840. The monoisotopic (exact) mass is 221 g/mol. The minimum Gasteiger partial charge on any atom is -0.481 e. The Hall–Kier alpha value is -1.84. The van der Waals surface area contributed by atoms with E-state index in [1.165, 1.54) is 4.90 Å². The van der Waals surface area contributed by atoms with Crippen molar-refractivity contribution in [3.8, 4) is 0 Å².